The first-order valence-corrected chi connectivity index (χ1v) is 4.00. The van der Waals surface area contributed by atoms with E-state index in [0.29, 0.717) is 0 Å². The normalized spacial score (nSPS) is 8.80. The van der Waals surface area contributed by atoms with Crippen LogP contribution in [0.4, 0.5) is 0 Å². The Morgan fingerprint density at radius 1 is 1.40 bits per heavy atom. The first-order chi connectivity index (χ1) is 7.11. The van der Waals surface area contributed by atoms with Gasteiger partial charge in [-0.2, -0.15) is 0 Å². The smallest absolute Gasteiger partial charge is 0.355 e. The van der Waals surface area contributed by atoms with Crippen molar-refractivity contribution in [1.82, 2.24) is 4.98 Å². The first-order valence-electron chi connectivity index (χ1n) is 4.00. The van der Waals surface area contributed by atoms with E-state index in [1.165, 1.54) is 18.3 Å². The summed E-state index contributed by atoms with van der Waals surface area (Å²) in [6, 6.07) is 3.02. The third-order valence-corrected chi connectivity index (χ3v) is 1.47. The highest BCUT2D eigenvalue weighted by molar-refractivity contribution is 5.88. The van der Waals surface area contributed by atoms with E-state index in [0.717, 1.165) is 0 Å². The van der Waals surface area contributed by atoms with Gasteiger partial charge in [-0.1, -0.05) is 11.8 Å². The zero-order chi connectivity index (χ0) is 11.3. The molecule has 2 N–H and O–H groups in total. The molecular weight excluding hydrogens is 198 g/mol. The fourth-order valence-corrected chi connectivity index (χ4v) is 0.892. The van der Waals surface area contributed by atoms with Crippen LogP contribution in [0.15, 0.2) is 18.3 Å². The van der Waals surface area contributed by atoms with E-state index < -0.39 is 11.9 Å². The molecule has 1 aromatic rings. The van der Waals surface area contributed by atoms with E-state index >= 15 is 0 Å². The maximum Gasteiger partial charge on any atom is 0.355 e. The van der Waals surface area contributed by atoms with Crippen LogP contribution >= 0.6 is 0 Å². The van der Waals surface area contributed by atoms with Crippen LogP contribution in [-0.4, -0.2) is 27.1 Å². The van der Waals surface area contributed by atoms with Gasteiger partial charge < -0.3 is 10.2 Å². The minimum atomic E-state index is -1.18. The lowest BCUT2D eigenvalue weighted by Crippen LogP contribution is -2.03. The van der Waals surface area contributed by atoms with Crippen LogP contribution in [0.1, 0.15) is 22.5 Å². The van der Waals surface area contributed by atoms with Gasteiger partial charge in [0.2, 0.25) is 0 Å². The molecule has 0 radical (unpaired) electrons. The number of aromatic carboxylic acids is 1. The molecule has 0 fully saturated rings. The minimum Gasteiger partial charge on any atom is -0.481 e. The lowest BCUT2D eigenvalue weighted by molar-refractivity contribution is -0.135. The molecule has 0 aromatic carbocycles. The summed E-state index contributed by atoms with van der Waals surface area (Å²) in [5, 5.41) is 17.1. The zero-order valence-corrected chi connectivity index (χ0v) is 7.60. The van der Waals surface area contributed by atoms with Crippen LogP contribution in [0, 0.1) is 11.8 Å². The molecule has 5 nitrogen and oxygen atoms in total. The Hall–Kier alpha value is -2.35. The summed E-state index contributed by atoms with van der Waals surface area (Å²) in [5.41, 5.74) is 0.0432. The van der Waals surface area contributed by atoms with Crippen molar-refractivity contribution >= 4 is 11.9 Å². The van der Waals surface area contributed by atoms with Gasteiger partial charge in [0.25, 0.3) is 0 Å². The standard InChI is InChI=1S/C10H7NO4/c12-8(13)5-1-3-7-4-2-6-11-9(7)10(14)15/h2,4,6H,5H2,(H,12,13)(H,14,15). The summed E-state index contributed by atoms with van der Waals surface area (Å²) >= 11 is 0. The Balaban J connectivity index is 2.97. The topological polar surface area (TPSA) is 87.5 Å². The van der Waals surface area contributed by atoms with E-state index in [1.54, 1.807) is 0 Å². The fourth-order valence-electron chi connectivity index (χ4n) is 0.892. The average molecular weight is 205 g/mol. The highest BCUT2D eigenvalue weighted by atomic mass is 16.4. The monoisotopic (exact) mass is 205 g/mol. The maximum atomic E-state index is 10.7. The highest BCUT2D eigenvalue weighted by Gasteiger charge is 2.08. The zero-order valence-electron chi connectivity index (χ0n) is 7.60. The SMILES string of the molecule is O=C(O)CC#Cc1cccnc1C(=O)O. The van der Waals surface area contributed by atoms with E-state index in [4.69, 9.17) is 10.2 Å². The van der Waals surface area contributed by atoms with Crippen LogP contribution in [-0.2, 0) is 4.79 Å². The average Bonchev–Trinajstić information content (AvgIpc) is 2.17. The van der Waals surface area contributed by atoms with Crippen LogP contribution < -0.4 is 0 Å². The number of carboxylic acids is 2. The van der Waals surface area contributed by atoms with Gasteiger partial charge in [0.05, 0.1) is 5.56 Å². The van der Waals surface area contributed by atoms with E-state index in [2.05, 4.69) is 16.8 Å². The first kappa shape index (κ1) is 10.7. The van der Waals surface area contributed by atoms with E-state index in [-0.39, 0.29) is 17.7 Å². The lowest BCUT2D eigenvalue weighted by Gasteiger charge is -1.95. The molecule has 0 saturated heterocycles. The van der Waals surface area contributed by atoms with Crippen LogP contribution in [0.25, 0.3) is 0 Å². The molecule has 0 aliphatic heterocycles. The number of nitrogens with zero attached hydrogens (tertiary/aromatic N) is 1. The molecular formula is C10H7NO4. The Morgan fingerprint density at radius 3 is 2.73 bits per heavy atom. The second-order valence-corrected chi connectivity index (χ2v) is 2.58. The predicted octanol–water partition coefficient (Wildman–Crippen LogP) is 0.606. The molecule has 0 aliphatic rings. The molecule has 0 amide bonds. The minimum absolute atomic E-state index is 0.171. The largest absolute Gasteiger partial charge is 0.481 e. The Bertz CT molecular complexity index is 456. The number of pyridine rings is 1. The summed E-state index contributed by atoms with van der Waals surface area (Å²) in [4.78, 5) is 24.5. The fraction of sp³-hybridized carbons (Fsp3) is 0.100. The van der Waals surface area contributed by atoms with Crippen LogP contribution in [0.2, 0.25) is 0 Å². The molecule has 5 heteroatoms. The van der Waals surface area contributed by atoms with Crippen molar-refractivity contribution in [1.29, 1.82) is 0 Å². The third kappa shape index (κ3) is 3.12. The van der Waals surface area contributed by atoms with Crippen molar-refractivity contribution in [3.63, 3.8) is 0 Å². The quantitative estimate of drug-likeness (QED) is 0.690. The van der Waals surface area contributed by atoms with Gasteiger partial charge in [-0.3, -0.25) is 4.79 Å². The van der Waals surface area contributed by atoms with Crippen molar-refractivity contribution in [3.8, 4) is 11.8 Å². The van der Waals surface area contributed by atoms with E-state index in [9.17, 15) is 9.59 Å². The Kier molecular flexibility index (Phi) is 3.41. The van der Waals surface area contributed by atoms with Gasteiger partial charge in [-0.05, 0) is 12.1 Å². The second-order valence-electron chi connectivity index (χ2n) is 2.58. The number of hydrogen-bond acceptors (Lipinski definition) is 3. The summed E-state index contributed by atoms with van der Waals surface area (Å²) in [6.45, 7) is 0. The number of rotatable bonds is 2. The summed E-state index contributed by atoms with van der Waals surface area (Å²) in [6.07, 6.45) is 1.01. The molecule has 0 unspecified atom stereocenters. The second kappa shape index (κ2) is 4.77. The number of carboxylic acid groups (broad SMARTS) is 2. The molecule has 0 saturated carbocycles. The van der Waals surface area contributed by atoms with Crippen molar-refractivity contribution in [3.05, 3.63) is 29.6 Å². The van der Waals surface area contributed by atoms with E-state index in [1.807, 2.05) is 0 Å². The van der Waals surface area contributed by atoms with Crippen molar-refractivity contribution in [2.75, 3.05) is 0 Å². The number of carbonyl (C=O) groups is 2. The van der Waals surface area contributed by atoms with Crippen LogP contribution in [0.3, 0.4) is 0 Å². The molecule has 0 aliphatic carbocycles. The van der Waals surface area contributed by atoms with Gasteiger partial charge in [0.15, 0.2) is 5.69 Å². The Labute approximate surface area is 85.4 Å². The van der Waals surface area contributed by atoms with Crippen molar-refractivity contribution < 1.29 is 19.8 Å². The molecule has 1 heterocycles. The van der Waals surface area contributed by atoms with Gasteiger partial charge in [0, 0.05) is 6.20 Å². The summed E-state index contributed by atoms with van der Waals surface area (Å²) in [7, 11) is 0. The van der Waals surface area contributed by atoms with Gasteiger partial charge in [-0.25, -0.2) is 9.78 Å². The highest BCUT2D eigenvalue weighted by Crippen LogP contribution is 2.03. The number of aromatic nitrogens is 1. The molecule has 0 bridgehead atoms. The summed E-state index contributed by atoms with van der Waals surface area (Å²) < 4.78 is 0. The third-order valence-electron chi connectivity index (χ3n) is 1.47. The van der Waals surface area contributed by atoms with Crippen molar-refractivity contribution in [2.24, 2.45) is 0 Å². The van der Waals surface area contributed by atoms with Gasteiger partial charge in [0.1, 0.15) is 6.42 Å². The number of hydrogen-bond donors (Lipinski definition) is 2. The molecule has 76 valence electrons. The van der Waals surface area contributed by atoms with Crippen LogP contribution in [0.5, 0.6) is 0 Å². The maximum absolute atomic E-state index is 10.7. The predicted molar refractivity (Wildman–Crippen MR) is 50.3 cm³/mol. The molecule has 0 spiro atoms. The van der Waals surface area contributed by atoms with Gasteiger partial charge >= 0.3 is 11.9 Å². The molecule has 1 aromatic heterocycles. The molecule has 1 rings (SSSR count). The van der Waals surface area contributed by atoms with Crippen molar-refractivity contribution in [2.45, 2.75) is 6.42 Å². The number of aliphatic carboxylic acids is 1. The lowest BCUT2D eigenvalue weighted by atomic mass is 10.2. The van der Waals surface area contributed by atoms with Gasteiger partial charge in [-0.15, -0.1) is 0 Å². The Morgan fingerprint density at radius 2 is 2.13 bits per heavy atom. The summed E-state index contributed by atoms with van der Waals surface area (Å²) in [5.74, 6) is 2.56. The molecule has 0 atom stereocenters. The molecule has 15 heavy (non-hydrogen) atoms.